The number of nitriles is 1. The molecule has 1 aliphatic heterocycles. The van der Waals surface area contributed by atoms with Crippen LogP contribution in [0.3, 0.4) is 0 Å². The Hall–Kier alpha value is -1.53. The predicted octanol–water partition coefficient (Wildman–Crippen LogP) is 1.73. The summed E-state index contributed by atoms with van der Waals surface area (Å²) >= 11 is 0. The first-order valence-electron chi connectivity index (χ1n) is 4.63. The van der Waals surface area contributed by atoms with Crippen LogP contribution in [-0.4, -0.2) is 19.3 Å². The molecule has 0 spiro atoms. The van der Waals surface area contributed by atoms with Crippen molar-refractivity contribution < 1.29 is 9.47 Å². The number of nitrogens with zero attached hydrogens (tertiary/aromatic N) is 1. The second-order valence-electron chi connectivity index (χ2n) is 3.21. The fraction of sp³-hybridized carbons (Fsp3) is 0.364. The lowest BCUT2D eigenvalue weighted by Gasteiger charge is -2.12. The number of ether oxygens (including phenoxy) is 2. The summed E-state index contributed by atoms with van der Waals surface area (Å²) in [4.78, 5) is 0. The Morgan fingerprint density at radius 3 is 3.00 bits per heavy atom. The highest BCUT2D eigenvalue weighted by molar-refractivity contribution is 5.42. The van der Waals surface area contributed by atoms with Crippen LogP contribution in [0.2, 0.25) is 0 Å². The Balaban J connectivity index is 2.11. The molecule has 1 unspecified atom stereocenters. The van der Waals surface area contributed by atoms with E-state index in [-0.39, 0.29) is 6.10 Å². The molecule has 0 aliphatic carbocycles. The van der Waals surface area contributed by atoms with E-state index < -0.39 is 0 Å². The maximum Gasteiger partial charge on any atom is 0.137 e. The van der Waals surface area contributed by atoms with Crippen molar-refractivity contribution in [3.63, 3.8) is 0 Å². The van der Waals surface area contributed by atoms with Crippen LogP contribution in [-0.2, 0) is 4.74 Å². The van der Waals surface area contributed by atoms with E-state index in [0.29, 0.717) is 17.9 Å². The first-order valence-corrected chi connectivity index (χ1v) is 4.63. The quantitative estimate of drug-likeness (QED) is 0.711. The van der Waals surface area contributed by atoms with Gasteiger partial charge in [0.15, 0.2) is 0 Å². The van der Waals surface area contributed by atoms with E-state index in [2.05, 4.69) is 6.07 Å². The molecule has 3 heteroatoms. The molecule has 3 nitrogen and oxygen atoms in total. The molecule has 1 aromatic carbocycles. The highest BCUT2D eigenvalue weighted by Crippen LogP contribution is 2.20. The van der Waals surface area contributed by atoms with Crippen molar-refractivity contribution in [2.45, 2.75) is 12.5 Å². The zero-order valence-corrected chi connectivity index (χ0v) is 7.77. The van der Waals surface area contributed by atoms with Crippen LogP contribution in [0.4, 0.5) is 0 Å². The molecule has 1 aliphatic rings. The van der Waals surface area contributed by atoms with Crippen molar-refractivity contribution in [2.24, 2.45) is 0 Å². The monoisotopic (exact) mass is 189 g/mol. The summed E-state index contributed by atoms with van der Waals surface area (Å²) in [6.07, 6.45) is 1.00. The van der Waals surface area contributed by atoms with Crippen molar-refractivity contribution in [1.29, 1.82) is 5.26 Å². The summed E-state index contributed by atoms with van der Waals surface area (Å²) in [6, 6.07) is 9.37. The van der Waals surface area contributed by atoms with Gasteiger partial charge in [-0.15, -0.1) is 0 Å². The largest absolute Gasteiger partial charge is 0.487 e. The average Bonchev–Trinajstić information content (AvgIpc) is 2.71. The Labute approximate surface area is 82.9 Å². The molecule has 0 radical (unpaired) electrons. The second-order valence-corrected chi connectivity index (χ2v) is 3.21. The van der Waals surface area contributed by atoms with Gasteiger partial charge in [0, 0.05) is 6.42 Å². The number of hydrogen-bond donors (Lipinski definition) is 0. The van der Waals surface area contributed by atoms with Crippen molar-refractivity contribution in [1.82, 2.24) is 0 Å². The minimum absolute atomic E-state index is 0.101. The van der Waals surface area contributed by atoms with Gasteiger partial charge in [-0.1, -0.05) is 12.1 Å². The van der Waals surface area contributed by atoms with Gasteiger partial charge in [-0.3, -0.25) is 0 Å². The second kappa shape index (κ2) is 4.12. The Kier molecular flexibility index (Phi) is 2.66. The molecule has 0 aromatic heterocycles. The SMILES string of the molecule is N#Cc1ccccc1OC1CCOC1. The molecular formula is C11H11NO2. The lowest BCUT2D eigenvalue weighted by Crippen LogP contribution is -2.16. The summed E-state index contributed by atoms with van der Waals surface area (Å²) in [6.45, 7) is 1.37. The molecule has 0 N–H and O–H groups in total. The predicted molar refractivity (Wildman–Crippen MR) is 51.0 cm³/mol. The van der Waals surface area contributed by atoms with Crippen LogP contribution in [0.15, 0.2) is 24.3 Å². The number of benzene rings is 1. The third kappa shape index (κ3) is 1.86. The van der Waals surface area contributed by atoms with Crippen molar-refractivity contribution in [3.8, 4) is 11.8 Å². The minimum Gasteiger partial charge on any atom is -0.487 e. The number of para-hydroxylation sites is 1. The van der Waals surface area contributed by atoms with E-state index in [1.165, 1.54) is 0 Å². The molecule has 0 saturated carbocycles. The van der Waals surface area contributed by atoms with E-state index >= 15 is 0 Å². The molecule has 14 heavy (non-hydrogen) atoms. The normalized spacial score (nSPS) is 20.4. The molecular weight excluding hydrogens is 178 g/mol. The van der Waals surface area contributed by atoms with E-state index in [1.807, 2.05) is 18.2 Å². The maximum absolute atomic E-state index is 8.83. The average molecular weight is 189 g/mol. The van der Waals surface area contributed by atoms with E-state index in [4.69, 9.17) is 14.7 Å². The van der Waals surface area contributed by atoms with Crippen LogP contribution < -0.4 is 4.74 Å². The summed E-state index contributed by atoms with van der Waals surface area (Å²) in [7, 11) is 0. The van der Waals surface area contributed by atoms with Gasteiger partial charge in [0.05, 0.1) is 18.8 Å². The van der Waals surface area contributed by atoms with Gasteiger partial charge in [0.2, 0.25) is 0 Å². The van der Waals surface area contributed by atoms with Crippen molar-refractivity contribution in [3.05, 3.63) is 29.8 Å². The smallest absolute Gasteiger partial charge is 0.137 e. The summed E-state index contributed by atoms with van der Waals surface area (Å²) in [5.41, 5.74) is 0.583. The molecule has 0 amide bonds. The van der Waals surface area contributed by atoms with Gasteiger partial charge in [-0.05, 0) is 12.1 Å². The number of rotatable bonds is 2. The van der Waals surface area contributed by atoms with Crippen LogP contribution in [0, 0.1) is 11.3 Å². The van der Waals surface area contributed by atoms with Gasteiger partial charge < -0.3 is 9.47 Å². The molecule has 0 bridgehead atoms. The molecule has 2 rings (SSSR count). The lowest BCUT2D eigenvalue weighted by atomic mass is 10.2. The molecule has 1 saturated heterocycles. The van der Waals surface area contributed by atoms with Gasteiger partial charge >= 0.3 is 0 Å². The van der Waals surface area contributed by atoms with Gasteiger partial charge in [0.1, 0.15) is 17.9 Å². The third-order valence-corrected chi connectivity index (χ3v) is 2.19. The van der Waals surface area contributed by atoms with E-state index in [9.17, 15) is 0 Å². The van der Waals surface area contributed by atoms with Crippen LogP contribution in [0.25, 0.3) is 0 Å². The Bertz CT molecular complexity index is 351. The fourth-order valence-electron chi connectivity index (χ4n) is 1.45. The summed E-state index contributed by atoms with van der Waals surface area (Å²) < 4.78 is 10.8. The number of hydrogen-bond acceptors (Lipinski definition) is 3. The first-order chi connectivity index (χ1) is 6.90. The highest BCUT2D eigenvalue weighted by Gasteiger charge is 2.18. The van der Waals surface area contributed by atoms with Crippen molar-refractivity contribution >= 4 is 0 Å². The van der Waals surface area contributed by atoms with E-state index in [0.717, 1.165) is 13.0 Å². The summed E-state index contributed by atoms with van der Waals surface area (Å²) in [5, 5.41) is 8.83. The minimum atomic E-state index is 0.101. The highest BCUT2D eigenvalue weighted by atomic mass is 16.5. The van der Waals surface area contributed by atoms with E-state index in [1.54, 1.807) is 6.07 Å². The zero-order valence-electron chi connectivity index (χ0n) is 7.77. The Morgan fingerprint density at radius 1 is 1.43 bits per heavy atom. The van der Waals surface area contributed by atoms with Crippen molar-refractivity contribution in [2.75, 3.05) is 13.2 Å². The third-order valence-electron chi connectivity index (χ3n) is 2.19. The molecule has 1 heterocycles. The van der Waals surface area contributed by atoms with Crippen LogP contribution >= 0.6 is 0 Å². The standard InChI is InChI=1S/C11H11NO2/c12-7-9-3-1-2-4-11(9)14-10-5-6-13-8-10/h1-4,10H,5-6,8H2. The maximum atomic E-state index is 8.83. The lowest BCUT2D eigenvalue weighted by molar-refractivity contribution is 0.141. The fourth-order valence-corrected chi connectivity index (χ4v) is 1.45. The van der Waals surface area contributed by atoms with Crippen LogP contribution in [0.5, 0.6) is 5.75 Å². The molecule has 1 fully saturated rings. The van der Waals surface area contributed by atoms with Crippen LogP contribution in [0.1, 0.15) is 12.0 Å². The Morgan fingerprint density at radius 2 is 2.29 bits per heavy atom. The molecule has 1 atom stereocenters. The van der Waals surface area contributed by atoms with Gasteiger partial charge in [-0.2, -0.15) is 5.26 Å². The molecule has 72 valence electrons. The first kappa shape index (κ1) is 9.04. The topological polar surface area (TPSA) is 42.2 Å². The molecule has 1 aromatic rings. The van der Waals surface area contributed by atoms with Gasteiger partial charge in [-0.25, -0.2) is 0 Å². The zero-order chi connectivity index (χ0) is 9.80. The van der Waals surface area contributed by atoms with Gasteiger partial charge in [0.25, 0.3) is 0 Å². The summed E-state index contributed by atoms with van der Waals surface area (Å²) in [5.74, 6) is 0.658.